The molecule has 0 spiro atoms. The van der Waals surface area contributed by atoms with Crippen LogP contribution in [0.5, 0.6) is 0 Å². The first-order valence-electron chi connectivity index (χ1n) is 5.88. The summed E-state index contributed by atoms with van der Waals surface area (Å²) in [5.74, 6) is 1.03. The number of aryl methyl sites for hydroxylation is 3. The molecule has 0 aliphatic carbocycles. The summed E-state index contributed by atoms with van der Waals surface area (Å²) in [4.78, 5) is 4.30. The van der Waals surface area contributed by atoms with Gasteiger partial charge in [-0.25, -0.2) is 4.98 Å². The van der Waals surface area contributed by atoms with E-state index in [1.54, 1.807) is 0 Å². The fraction of sp³-hybridized carbons (Fsp3) is 0.357. The third-order valence-corrected chi connectivity index (χ3v) is 3.46. The van der Waals surface area contributed by atoms with Crippen LogP contribution in [0.25, 0.3) is 0 Å². The van der Waals surface area contributed by atoms with E-state index in [0.29, 0.717) is 0 Å². The minimum absolute atomic E-state index is 0.792. The Morgan fingerprint density at radius 2 is 2.06 bits per heavy atom. The number of hydrogen-bond acceptors (Lipinski definition) is 1. The Kier molecular flexibility index (Phi) is 3.53. The van der Waals surface area contributed by atoms with Gasteiger partial charge in [-0.15, -0.1) is 0 Å². The highest BCUT2D eigenvalue weighted by atomic mass is 35.5. The fourth-order valence-corrected chi connectivity index (χ4v) is 2.19. The van der Waals surface area contributed by atoms with E-state index >= 15 is 0 Å². The molecule has 1 aromatic heterocycles. The summed E-state index contributed by atoms with van der Waals surface area (Å²) in [6.07, 6.45) is 2.91. The molecule has 0 radical (unpaired) electrons. The molecule has 0 atom stereocenters. The van der Waals surface area contributed by atoms with Crippen molar-refractivity contribution in [3.05, 3.63) is 52.1 Å². The summed E-state index contributed by atoms with van der Waals surface area (Å²) in [7, 11) is 0. The Morgan fingerprint density at radius 3 is 2.59 bits per heavy atom. The SMILES string of the molecule is CCc1ccc(Cn2c(C)cnc2C)c(Cl)c1. The Balaban J connectivity index is 2.30. The molecule has 2 aromatic rings. The lowest BCUT2D eigenvalue weighted by atomic mass is 10.1. The van der Waals surface area contributed by atoms with Crippen LogP contribution in [0.4, 0.5) is 0 Å². The highest BCUT2D eigenvalue weighted by Gasteiger charge is 2.06. The predicted octanol–water partition coefficient (Wildman–Crippen LogP) is 3.76. The summed E-state index contributed by atoms with van der Waals surface area (Å²) < 4.78 is 2.17. The van der Waals surface area contributed by atoms with Crippen LogP contribution in [0.2, 0.25) is 5.02 Å². The van der Waals surface area contributed by atoms with Gasteiger partial charge in [-0.05, 0) is 37.5 Å². The molecule has 0 saturated carbocycles. The standard InChI is InChI=1S/C14H17ClN2/c1-4-12-5-6-13(14(15)7-12)9-17-10(2)8-16-11(17)3/h5-8H,4,9H2,1-3H3. The molecule has 1 aromatic carbocycles. The lowest BCUT2D eigenvalue weighted by Gasteiger charge is -2.10. The third-order valence-electron chi connectivity index (χ3n) is 3.11. The fourth-order valence-electron chi connectivity index (χ4n) is 1.93. The van der Waals surface area contributed by atoms with Crippen LogP contribution in [-0.4, -0.2) is 9.55 Å². The van der Waals surface area contributed by atoms with Gasteiger partial charge in [-0.2, -0.15) is 0 Å². The maximum Gasteiger partial charge on any atom is 0.106 e. The first-order chi connectivity index (χ1) is 8.11. The van der Waals surface area contributed by atoms with Gasteiger partial charge in [0.1, 0.15) is 5.82 Å². The second kappa shape index (κ2) is 4.92. The molecule has 2 nitrogen and oxygen atoms in total. The van der Waals surface area contributed by atoms with Crippen LogP contribution in [0, 0.1) is 13.8 Å². The number of nitrogens with zero attached hydrogens (tertiary/aromatic N) is 2. The van der Waals surface area contributed by atoms with E-state index < -0.39 is 0 Å². The summed E-state index contributed by atoms with van der Waals surface area (Å²) in [5.41, 5.74) is 3.59. The third kappa shape index (κ3) is 2.52. The summed E-state index contributed by atoms with van der Waals surface area (Å²) >= 11 is 6.30. The van der Waals surface area contributed by atoms with Crippen molar-refractivity contribution in [2.75, 3.05) is 0 Å². The second-order valence-corrected chi connectivity index (χ2v) is 4.72. The Labute approximate surface area is 107 Å². The lowest BCUT2D eigenvalue weighted by Crippen LogP contribution is -2.04. The Hall–Kier alpha value is -1.28. The number of hydrogen-bond donors (Lipinski definition) is 0. The van der Waals surface area contributed by atoms with Crippen molar-refractivity contribution in [3.8, 4) is 0 Å². The average molecular weight is 249 g/mol. The quantitative estimate of drug-likeness (QED) is 0.809. The van der Waals surface area contributed by atoms with Gasteiger partial charge in [-0.3, -0.25) is 0 Å². The van der Waals surface area contributed by atoms with Crippen LogP contribution in [0.15, 0.2) is 24.4 Å². The number of aromatic nitrogens is 2. The van der Waals surface area contributed by atoms with E-state index in [0.717, 1.165) is 35.1 Å². The second-order valence-electron chi connectivity index (χ2n) is 4.31. The molecule has 0 amide bonds. The first kappa shape index (κ1) is 12.2. The lowest BCUT2D eigenvalue weighted by molar-refractivity contribution is 0.738. The number of halogens is 1. The van der Waals surface area contributed by atoms with E-state index in [4.69, 9.17) is 11.6 Å². The summed E-state index contributed by atoms with van der Waals surface area (Å²) in [6, 6.07) is 6.31. The van der Waals surface area contributed by atoms with Gasteiger partial charge in [0.2, 0.25) is 0 Å². The molecular formula is C14H17ClN2. The maximum absolute atomic E-state index is 6.30. The van der Waals surface area contributed by atoms with Gasteiger partial charge >= 0.3 is 0 Å². The highest BCUT2D eigenvalue weighted by Crippen LogP contribution is 2.20. The van der Waals surface area contributed by atoms with Crippen molar-refractivity contribution in [1.82, 2.24) is 9.55 Å². The number of rotatable bonds is 3. The monoisotopic (exact) mass is 248 g/mol. The highest BCUT2D eigenvalue weighted by molar-refractivity contribution is 6.31. The van der Waals surface area contributed by atoms with Crippen LogP contribution in [0.3, 0.4) is 0 Å². The molecule has 0 fully saturated rings. The van der Waals surface area contributed by atoms with E-state index in [1.807, 2.05) is 13.1 Å². The number of benzene rings is 1. The first-order valence-corrected chi connectivity index (χ1v) is 6.25. The molecule has 0 saturated heterocycles. The van der Waals surface area contributed by atoms with Crippen LogP contribution < -0.4 is 0 Å². The molecule has 2 rings (SSSR count). The van der Waals surface area contributed by atoms with Gasteiger partial charge in [0, 0.05) is 16.9 Å². The Morgan fingerprint density at radius 1 is 1.29 bits per heavy atom. The minimum Gasteiger partial charge on any atom is -0.328 e. The molecule has 90 valence electrons. The van der Waals surface area contributed by atoms with Crippen LogP contribution >= 0.6 is 11.6 Å². The minimum atomic E-state index is 0.792. The topological polar surface area (TPSA) is 17.8 Å². The van der Waals surface area contributed by atoms with Gasteiger partial charge in [0.05, 0.1) is 6.54 Å². The molecule has 17 heavy (non-hydrogen) atoms. The molecule has 0 aliphatic heterocycles. The molecule has 3 heteroatoms. The van der Waals surface area contributed by atoms with E-state index in [9.17, 15) is 0 Å². The molecule has 0 unspecified atom stereocenters. The van der Waals surface area contributed by atoms with Crippen LogP contribution in [-0.2, 0) is 13.0 Å². The van der Waals surface area contributed by atoms with Crippen molar-refractivity contribution < 1.29 is 0 Å². The smallest absolute Gasteiger partial charge is 0.106 e. The zero-order valence-corrected chi connectivity index (χ0v) is 11.3. The van der Waals surface area contributed by atoms with Gasteiger partial charge in [0.15, 0.2) is 0 Å². The largest absolute Gasteiger partial charge is 0.328 e. The zero-order valence-electron chi connectivity index (χ0n) is 10.5. The Bertz CT molecular complexity index is 510. The van der Waals surface area contributed by atoms with E-state index in [1.165, 1.54) is 5.56 Å². The van der Waals surface area contributed by atoms with Crippen molar-refractivity contribution in [2.24, 2.45) is 0 Å². The van der Waals surface area contributed by atoms with Gasteiger partial charge < -0.3 is 4.57 Å². The predicted molar refractivity (Wildman–Crippen MR) is 71.6 cm³/mol. The van der Waals surface area contributed by atoms with Crippen molar-refractivity contribution >= 4 is 11.6 Å². The normalized spacial score (nSPS) is 10.8. The zero-order chi connectivity index (χ0) is 12.4. The van der Waals surface area contributed by atoms with Crippen LogP contribution in [0.1, 0.15) is 29.6 Å². The van der Waals surface area contributed by atoms with Gasteiger partial charge in [0.25, 0.3) is 0 Å². The molecular weight excluding hydrogens is 232 g/mol. The summed E-state index contributed by atoms with van der Waals surface area (Å²) in [5, 5.41) is 0.844. The van der Waals surface area contributed by atoms with Crippen molar-refractivity contribution in [1.29, 1.82) is 0 Å². The van der Waals surface area contributed by atoms with Crippen molar-refractivity contribution in [3.63, 3.8) is 0 Å². The van der Waals surface area contributed by atoms with E-state index in [-0.39, 0.29) is 0 Å². The average Bonchev–Trinajstić information content (AvgIpc) is 2.63. The van der Waals surface area contributed by atoms with Crippen molar-refractivity contribution in [2.45, 2.75) is 33.7 Å². The molecule has 0 N–H and O–H groups in total. The van der Waals surface area contributed by atoms with Gasteiger partial charge in [-0.1, -0.05) is 30.7 Å². The number of imidazole rings is 1. The van der Waals surface area contributed by atoms with E-state index in [2.05, 4.69) is 41.6 Å². The maximum atomic E-state index is 6.30. The molecule has 0 bridgehead atoms. The molecule has 0 aliphatic rings. The molecule has 1 heterocycles. The summed E-state index contributed by atoms with van der Waals surface area (Å²) in [6.45, 7) is 7.01.